The van der Waals surface area contributed by atoms with E-state index in [9.17, 15) is 0 Å². The molecule has 0 saturated carbocycles. The Morgan fingerprint density at radius 1 is 1.30 bits per heavy atom. The monoisotopic (exact) mass is 278 g/mol. The highest BCUT2D eigenvalue weighted by Gasteiger charge is 2.06. The first-order valence-corrected chi connectivity index (χ1v) is 7.83. The molecule has 0 aliphatic heterocycles. The van der Waals surface area contributed by atoms with Crippen LogP contribution in [0, 0.1) is 5.92 Å². The summed E-state index contributed by atoms with van der Waals surface area (Å²) in [7, 11) is 0. The standard InChI is InChI=1S/C17H30N2O/c1-4-15(3)14-19(5-2)10-7-11-20-17-9-6-8-16(12-17)13-18/h6,8-9,12,15H,4-5,7,10-11,13-14,18H2,1-3H3. The van der Waals surface area contributed by atoms with Crippen LogP contribution >= 0.6 is 0 Å². The summed E-state index contributed by atoms with van der Waals surface area (Å²) in [6.07, 6.45) is 2.32. The molecule has 3 nitrogen and oxygen atoms in total. The van der Waals surface area contributed by atoms with Crippen molar-refractivity contribution in [1.29, 1.82) is 0 Å². The first-order chi connectivity index (χ1) is 9.69. The molecule has 0 fully saturated rings. The van der Waals surface area contributed by atoms with Gasteiger partial charge in [-0.2, -0.15) is 0 Å². The molecule has 0 bridgehead atoms. The maximum atomic E-state index is 5.79. The first-order valence-electron chi connectivity index (χ1n) is 7.83. The van der Waals surface area contributed by atoms with Gasteiger partial charge in [0.15, 0.2) is 0 Å². The van der Waals surface area contributed by atoms with Crippen LogP contribution < -0.4 is 10.5 Å². The topological polar surface area (TPSA) is 38.5 Å². The first kappa shape index (κ1) is 17.0. The van der Waals surface area contributed by atoms with Crippen LogP contribution in [0.25, 0.3) is 0 Å². The van der Waals surface area contributed by atoms with Crippen LogP contribution in [-0.4, -0.2) is 31.1 Å². The van der Waals surface area contributed by atoms with E-state index in [0.29, 0.717) is 6.54 Å². The quantitative estimate of drug-likeness (QED) is 0.668. The molecule has 2 N–H and O–H groups in total. The van der Waals surface area contributed by atoms with Crippen LogP contribution in [0.2, 0.25) is 0 Å². The molecular formula is C17H30N2O. The molecular weight excluding hydrogens is 248 g/mol. The van der Waals surface area contributed by atoms with E-state index in [1.54, 1.807) is 0 Å². The fourth-order valence-electron chi connectivity index (χ4n) is 2.19. The molecule has 0 heterocycles. The molecule has 0 aliphatic rings. The average molecular weight is 278 g/mol. The van der Waals surface area contributed by atoms with Gasteiger partial charge in [-0.1, -0.05) is 39.3 Å². The summed E-state index contributed by atoms with van der Waals surface area (Å²) in [6.45, 7) is 11.6. The largest absolute Gasteiger partial charge is 0.494 e. The number of hydrogen-bond donors (Lipinski definition) is 1. The zero-order valence-corrected chi connectivity index (χ0v) is 13.3. The van der Waals surface area contributed by atoms with Gasteiger partial charge >= 0.3 is 0 Å². The van der Waals surface area contributed by atoms with Crippen LogP contribution in [0.5, 0.6) is 5.75 Å². The van der Waals surface area contributed by atoms with E-state index in [-0.39, 0.29) is 0 Å². The molecule has 1 unspecified atom stereocenters. The summed E-state index contributed by atoms with van der Waals surface area (Å²) < 4.78 is 5.79. The smallest absolute Gasteiger partial charge is 0.119 e. The Balaban J connectivity index is 2.25. The van der Waals surface area contributed by atoms with Crippen molar-refractivity contribution in [3.8, 4) is 5.75 Å². The lowest BCUT2D eigenvalue weighted by molar-refractivity contribution is 0.217. The number of rotatable bonds is 10. The van der Waals surface area contributed by atoms with Crippen LogP contribution in [0.15, 0.2) is 24.3 Å². The molecule has 1 rings (SSSR count). The van der Waals surface area contributed by atoms with Gasteiger partial charge in [0.25, 0.3) is 0 Å². The van der Waals surface area contributed by atoms with Crippen molar-refractivity contribution >= 4 is 0 Å². The Kier molecular flexibility index (Phi) is 8.31. The predicted molar refractivity (Wildman–Crippen MR) is 86.0 cm³/mol. The fourth-order valence-corrected chi connectivity index (χ4v) is 2.19. The van der Waals surface area contributed by atoms with E-state index in [0.717, 1.165) is 43.3 Å². The van der Waals surface area contributed by atoms with Crippen molar-refractivity contribution in [2.45, 2.75) is 40.2 Å². The van der Waals surface area contributed by atoms with Gasteiger partial charge in [-0.05, 0) is 36.6 Å². The molecule has 0 aliphatic carbocycles. The number of nitrogens with two attached hydrogens (primary N) is 1. The average Bonchev–Trinajstić information content (AvgIpc) is 2.50. The molecule has 1 aromatic carbocycles. The van der Waals surface area contributed by atoms with Crippen molar-refractivity contribution in [1.82, 2.24) is 4.90 Å². The summed E-state index contributed by atoms with van der Waals surface area (Å²) in [4.78, 5) is 2.51. The molecule has 20 heavy (non-hydrogen) atoms. The fraction of sp³-hybridized carbons (Fsp3) is 0.647. The second kappa shape index (κ2) is 9.78. The summed E-state index contributed by atoms with van der Waals surface area (Å²) in [5.41, 5.74) is 6.75. The second-order valence-electron chi connectivity index (χ2n) is 5.46. The number of ether oxygens (including phenoxy) is 1. The molecule has 0 radical (unpaired) electrons. The lowest BCUT2D eigenvalue weighted by Crippen LogP contribution is -2.30. The number of nitrogens with zero attached hydrogens (tertiary/aromatic N) is 1. The highest BCUT2D eigenvalue weighted by molar-refractivity contribution is 5.28. The third-order valence-corrected chi connectivity index (χ3v) is 3.74. The minimum atomic E-state index is 0.565. The summed E-state index contributed by atoms with van der Waals surface area (Å²) in [6, 6.07) is 8.04. The summed E-state index contributed by atoms with van der Waals surface area (Å²) in [5, 5.41) is 0. The van der Waals surface area contributed by atoms with E-state index in [4.69, 9.17) is 10.5 Å². The third kappa shape index (κ3) is 6.40. The van der Waals surface area contributed by atoms with Crippen LogP contribution in [0.4, 0.5) is 0 Å². The highest BCUT2D eigenvalue weighted by atomic mass is 16.5. The minimum absolute atomic E-state index is 0.565. The van der Waals surface area contributed by atoms with Gasteiger partial charge in [0.2, 0.25) is 0 Å². The maximum Gasteiger partial charge on any atom is 0.119 e. The van der Waals surface area contributed by atoms with Gasteiger partial charge in [-0.15, -0.1) is 0 Å². The van der Waals surface area contributed by atoms with Crippen molar-refractivity contribution in [2.75, 3.05) is 26.2 Å². The van der Waals surface area contributed by atoms with Crippen molar-refractivity contribution in [3.05, 3.63) is 29.8 Å². The van der Waals surface area contributed by atoms with Gasteiger partial charge < -0.3 is 15.4 Å². The predicted octanol–water partition coefficient (Wildman–Crippen LogP) is 3.28. The molecule has 0 saturated heterocycles. The molecule has 0 amide bonds. The van der Waals surface area contributed by atoms with Crippen LogP contribution in [0.3, 0.4) is 0 Å². The van der Waals surface area contributed by atoms with Gasteiger partial charge in [0, 0.05) is 19.6 Å². The molecule has 114 valence electrons. The SMILES string of the molecule is CCC(C)CN(CC)CCCOc1cccc(CN)c1. The zero-order valence-electron chi connectivity index (χ0n) is 13.3. The Bertz CT molecular complexity index is 368. The van der Waals surface area contributed by atoms with Crippen molar-refractivity contribution in [3.63, 3.8) is 0 Å². The summed E-state index contributed by atoms with van der Waals surface area (Å²) in [5.74, 6) is 1.70. The van der Waals surface area contributed by atoms with E-state index < -0.39 is 0 Å². The van der Waals surface area contributed by atoms with E-state index in [1.807, 2.05) is 24.3 Å². The molecule has 0 spiro atoms. The van der Waals surface area contributed by atoms with Crippen molar-refractivity contribution in [2.24, 2.45) is 11.7 Å². The molecule has 0 aromatic heterocycles. The molecule has 3 heteroatoms. The summed E-state index contributed by atoms with van der Waals surface area (Å²) >= 11 is 0. The van der Waals surface area contributed by atoms with Gasteiger partial charge in [-0.25, -0.2) is 0 Å². The van der Waals surface area contributed by atoms with Crippen LogP contribution in [-0.2, 0) is 6.54 Å². The maximum absolute atomic E-state index is 5.79. The van der Waals surface area contributed by atoms with Gasteiger partial charge in [0.05, 0.1) is 6.61 Å². The Labute approximate surface area is 124 Å². The highest BCUT2D eigenvalue weighted by Crippen LogP contribution is 2.13. The molecule has 1 atom stereocenters. The molecule has 1 aromatic rings. The second-order valence-corrected chi connectivity index (χ2v) is 5.46. The Hall–Kier alpha value is -1.06. The van der Waals surface area contributed by atoms with E-state index >= 15 is 0 Å². The van der Waals surface area contributed by atoms with Gasteiger partial charge in [-0.3, -0.25) is 0 Å². The van der Waals surface area contributed by atoms with E-state index in [1.165, 1.54) is 13.0 Å². The lowest BCUT2D eigenvalue weighted by atomic mass is 10.1. The third-order valence-electron chi connectivity index (χ3n) is 3.74. The lowest BCUT2D eigenvalue weighted by Gasteiger charge is -2.23. The van der Waals surface area contributed by atoms with Crippen LogP contribution in [0.1, 0.15) is 39.2 Å². The van der Waals surface area contributed by atoms with E-state index in [2.05, 4.69) is 25.7 Å². The number of hydrogen-bond acceptors (Lipinski definition) is 3. The number of benzene rings is 1. The zero-order chi connectivity index (χ0) is 14.8. The Morgan fingerprint density at radius 2 is 2.10 bits per heavy atom. The Morgan fingerprint density at radius 3 is 2.75 bits per heavy atom. The van der Waals surface area contributed by atoms with Gasteiger partial charge in [0.1, 0.15) is 5.75 Å². The minimum Gasteiger partial charge on any atom is -0.494 e. The normalized spacial score (nSPS) is 12.7. The van der Waals surface area contributed by atoms with Crippen molar-refractivity contribution < 1.29 is 4.74 Å².